The first-order chi connectivity index (χ1) is 8.43. The first kappa shape index (κ1) is 12.5. The summed E-state index contributed by atoms with van der Waals surface area (Å²) in [6.07, 6.45) is -4.47. The lowest BCUT2D eigenvalue weighted by Gasteiger charge is -2.15. The molecule has 0 N–H and O–H groups in total. The standard InChI is InChI=1S/C11H11F3N2O2/c1-16-6-18-15-10(16)7-3-4-9(17-2)8(5-7)11(12,13)14/h3-5H,6H2,1-2H3. The smallest absolute Gasteiger partial charge is 0.419 e. The highest BCUT2D eigenvalue weighted by Crippen LogP contribution is 2.37. The summed E-state index contributed by atoms with van der Waals surface area (Å²) in [6.45, 7) is 0.225. The van der Waals surface area contributed by atoms with E-state index in [0.29, 0.717) is 11.4 Å². The number of amidine groups is 1. The number of alkyl halides is 3. The van der Waals surface area contributed by atoms with Gasteiger partial charge in [-0.15, -0.1) is 0 Å². The second-order valence-corrected chi connectivity index (χ2v) is 3.78. The van der Waals surface area contributed by atoms with Gasteiger partial charge >= 0.3 is 6.18 Å². The minimum absolute atomic E-state index is 0.214. The van der Waals surface area contributed by atoms with Crippen molar-refractivity contribution in [3.8, 4) is 5.75 Å². The fourth-order valence-electron chi connectivity index (χ4n) is 1.65. The Balaban J connectivity index is 2.46. The van der Waals surface area contributed by atoms with Crippen molar-refractivity contribution in [2.45, 2.75) is 6.18 Å². The molecule has 0 radical (unpaired) electrons. The Hall–Kier alpha value is -1.92. The highest BCUT2D eigenvalue weighted by molar-refractivity contribution is 5.99. The molecule has 1 aromatic rings. The largest absolute Gasteiger partial charge is 0.496 e. The molecule has 0 saturated heterocycles. The summed E-state index contributed by atoms with van der Waals surface area (Å²) < 4.78 is 43.2. The van der Waals surface area contributed by atoms with Gasteiger partial charge in [0.1, 0.15) is 5.75 Å². The third-order valence-electron chi connectivity index (χ3n) is 2.53. The minimum atomic E-state index is -4.47. The summed E-state index contributed by atoms with van der Waals surface area (Å²) in [5, 5.41) is 3.70. The predicted molar refractivity (Wildman–Crippen MR) is 58.2 cm³/mol. The maximum atomic E-state index is 12.8. The number of nitrogens with zero attached hydrogens (tertiary/aromatic N) is 2. The molecule has 0 atom stereocenters. The van der Waals surface area contributed by atoms with E-state index in [4.69, 9.17) is 9.57 Å². The normalized spacial score (nSPS) is 15.4. The van der Waals surface area contributed by atoms with Crippen molar-refractivity contribution in [2.75, 3.05) is 20.9 Å². The van der Waals surface area contributed by atoms with Gasteiger partial charge in [0.2, 0.25) is 0 Å². The lowest BCUT2D eigenvalue weighted by Crippen LogP contribution is -2.23. The number of ether oxygens (including phenoxy) is 1. The maximum Gasteiger partial charge on any atom is 0.419 e. The van der Waals surface area contributed by atoms with E-state index >= 15 is 0 Å². The fourth-order valence-corrected chi connectivity index (χ4v) is 1.65. The van der Waals surface area contributed by atoms with Crippen LogP contribution in [0.3, 0.4) is 0 Å². The summed E-state index contributed by atoms with van der Waals surface area (Å²) in [5.41, 5.74) is -0.492. The number of methoxy groups -OCH3 is 1. The van der Waals surface area contributed by atoms with Crippen molar-refractivity contribution in [1.82, 2.24) is 4.90 Å². The van der Waals surface area contributed by atoms with Gasteiger partial charge in [-0.25, -0.2) is 0 Å². The van der Waals surface area contributed by atoms with Gasteiger partial charge in [0.05, 0.1) is 12.7 Å². The Morgan fingerprint density at radius 2 is 2.11 bits per heavy atom. The zero-order valence-electron chi connectivity index (χ0n) is 9.78. The van der Waals surface area contributed by atoms with Crippen molar-refractivity contribution in [2.24, 2.45) is 5.16 Å². The monoisotopic (exact) mass is 260 g/mol. The summed E-state index contributed by atoms with van der Waals surface area (Å²) in [5.74, 6) is 0.150. The lowest BCUT2D eigenvalue weighted by atomic mass is 10.1. The Labute approximate surface area is 102 Å². The van der Waals surface area contributed by atoms with Gasteiger partial charge in [-0.3, -0.25) is 0 Å². The van der Waals surface area contributed by atoms with Crippen LogP contribution < -0.4 is 4.74 Å². The molecule has 1 aliphatic heterocycles. The molecule has 4 nitrogen and oxygen atoms in total. The highest BCUT2D eigenvalue weighted by atomic mass is 19.4. The maximum absolute atomic E-state index is 12.8. The van der Waals surface area contributed by atoms with E-state index in [1.54, 1.807) is 11.9 Å². The highest BCUT2D eigenvalue weighted by Gasteiger charge is 2.35. The van der Waals surface area contributed by atoms with E-state index in [9.17, 15) is 13.2 Å². The molecule has 0 aromatic heterocycles. The van der Waals surface area contributed by atoms with E-state index in [0.717, 1.165) is 6.07 Å². The molecule has 0 fully saturated rings. The second-order valence-electron chi connectivity index (χ2n) is 3.78. The molecule has 0 aliphatic carbocycles. The topological polar surface area (TPSA) is 34.1 Å². The van der Waals surface area contributed by atoms with Crippen molar-refractivity contribution >= 4 is 5.84 Å². The zero-order valence-corrected chi connectivity index (χ0v) is 9.78. The molecule has 1 aliphatic rings. The van der Waals surface area contributed by atoms with E-state index < -0.39 is 11.7 Å². The summed E-state index contributed by atoms with van der Waals surface area (Å²) in [7, 11) is 2.88. The lowest BCUT2D eigenvalue weighted by molar-refractivity contribution is -0.138. The number of rotatable bonds is 2. The van der Waals surface area contributed by atoms with Crippen LogP contribution in [-0.4, -0.2) is 31.6 Å². The van der Waals surface area contributed by atoms with Crippen LogP contribution in [0.25, 0.3) is 0 Å². The second kappa shape index (κ2) is 4.40. The number of hydrogen-bond acceptors (Lipinski definition) is 4. The van der Waals surface area contributed by atoms with E-state index in [2.05, 4.69) is 5.16 Å². The number of benzene rings is 1. The average Bonchev–Trinajstić information content (AvgIpc) is 2.73. The molecule has 0 unspecified atom stereocenters. The number of hydrogen-bond donors (Lipinski definition) is 0. The third kappa shape index (κ3) is 2.20. The molecule has 7 heteroatoms. The van der Waals surface area contributed by atoms with Crippen molar-refractivity contribution in [1.29, 1.82) is 0 Å². The van der Waals surface area contributed by atoms with E-state index in [-0.39, 0.29) is 12.5 Å². The van der Waals surface area contributed by atoms with Crippen molar-refractivity contribution in [3.63, 3.8) is 0 Å². The molecule has 2 rings (SSSR count). The molecule has 0 saturated carbocycles. The fraction of sp³-hybridized carbons (Fsp3) is 0.364. The first-order valence-electron chi connectivity index (χ1n) is 5.10. The summed E-state index contributed by atoms with van der Waals surface area (Å²) in [6, 6.07) is 3.79. The molecule has 1 aromatic carbocycles. The van der Waals surface area contributed by atoms with Gasteiger partial charge in [-0.1, -0.05) is 5.16 Å². The molecule has 98 valence electrons. The van der Waals surface area contributed by atoms with Crippen LogP contribution in [0.2, 0.25) is 0 Å². The van der Waals surface area contributed by atoms with Gasteiger partial charge in [0, 0.05) is 12.6 Å². The van der Waals surface area contributed by atoms with E-state index in [1.807, 2.05) is 0 Å². The van der Waals surface area contributed by atoms with Crippen molar-refractivity contribution in [3.05, 3.63) is 29.3 Å². The predicted octanol–water partition coefficient (Wildman–Crippen LogP) is 2.30. The van der Waals surface area contributed by atoms with Crippen LogP contribution in [0.4, 0.5) is 13.2 Å². The van der Waals surface area contributed by atoms with Crippen LogP contribution in [0, 0.1) is 0 Å². The Bertz CT molecular complexity index is 486. The van der Waals surface area contributed by atoms with Crippen LogP contribution in [0.1, 0.15) is 11.1 Å². The molecular formula is C11H11F3N2O2. The third-order valence-corrected chi connectivity index (χ3v) is 2.53. The molecule has 0 amide bonds. The summed E-state index contributed by atoms with van der Waals surface area (Å²) >= 11 is 0. The Morgan fingerprint density at radius 1 is 1.39 bits per heavy atom. The number of oxime groups is 1. The van der Waals surface area contributed by atoms with Gasteiger partial charge < -0.3 is 14.5 Å². The molecule has 1 heterocycles. The van der Waals surface area contributed by atoms with Gasteiger partial charge in [0.25, 0.3) is 0 Å². The Kier molecular flexibility index (Phi) is 3.06. The average molecular weight is 260 g/mol. The van der Waals surface area contributed by atoms with Gasteiger partial charge in [0.15, 0.2) is 12.6 Å². The van der Waals surface area contributed by atoms with Crippen LogP contribution in [-0.2, 0) is 11.0 Å². The van der Waals surface area contributed by atoms with Crippen LogP contribution in [0.5, 0.6) is 5.75 Å². The van der Waals surface area contributed by atoms with Gasteiger partial charge in [-0.2, -0.15) is 13.2 Å². The zero-order chi connectivity index (χ0) is 13.3. The van der Waals surface area contributed by atoms with Crippen LogP contribution in [0.15, 0.2) is 23.4 Å². The molecule has 0 bridgehead atoms. The van der Waals surface area contributed by atoms with Gasteiger partial charge in [-0.05, 0) is 18.2 Å². The molecule has 0 spiro atoms. The molecule has 18 heavy (non-hydrogen) atoms. The van der Waals surface area contributed by atoms with Crippen molar-refractivity contribution < 1.29 is 22.7 Å². The van der Waals surface area contributed by atoms with E-state index in [1.165, 1.54) is 19.2 Å². The molecular weight excluding hydrogens is 249 g/mol. The SMILES string of the molecule is COc1ccc(C2=NOCN2C)cc1C(F)(F)F. The first-order valence-corrected chi connectivity index (χ1v) is 5.10. The Morgan fingerprint density at radius 3 is 2.61 bits per heavy atom. The summed E-state index contributed by atoms with van der Waals surface area (Å²) in [4.78, 5) is 6.42. The van der Waals surface area contributed by atoms with Crippen LogP contribution >= 0.6 is 0 Å². The minimum Gasteiger partial charge on any atom is -0.496 e. The quantitative estimate of drug-likeness (QED) is 0.818. The number of halogens is 3.